The number of amides is 3. The summed E-state index contributed by atoms with van der Waals surface area (Å²) in [5, 5.41) is 8.23. The van der Waals surface area contributed by atoms with Crippen molar-refractivity contribution in [2.24, 2.45) is 0 Å². The van der Waals surface area contributed by atoms with E-state index in [4.69, 9.17) is 9.57 Å². The highest BCUT2D eigenvalue weighted by molar-refractivity contribution is 5.93. The van der Waals surface area contributed by atoms with Gasteiger partial charge >= 0.3 is 18.0 Å². The fourth-order valence-corrected chi connectivity index (χ4v) is 4.16. The van der Waals surface area contributed by atoms with Crippen molar-refractivity contribution in [1.29, 1.82) is 0 Å². The summed E-state index contributed by atoms with van der Waals surface area (Å²) in [6.45, 7) is 0.393. The van der Waals surface area contributed by atoms with Crippen LogP contribution in [0.25, 0.3) is 0 Å². The lowest BCUT2D eigenvalue weighted by Crippen LogP contribution is -2.41. The Bertz CT molecular complexity index is 1200. The SMILES string of the molecule is COC(=O)C1c2c(cnn2C(=O)Nc2ccccc2)[C@H]2CN1C(=O)N2OCc1ccccc1. The first-order chi connectivity index (χ1) is 16.1. The van der Waals surface area contributed by atoms with Crippen molar-refractivity contribution < 1.29 is 24.0 Å². The van der Waals surface area contributed by atoms with Crippen LogP contribution in [0.5, 0.6) is 0 Å². The zero-order valence-corrected chi connectivity index (χ0v) is 17.7. The monoisotopic (exact) mass is 447 g/mol. The fourth-order valence-electron chi connectivity index (χ4n) is 4.16. The molecule has 1 N–H and O–H groups in total. The lowest BCUT2D eigenvalue weighted by atomic mass is 9.98. The van der Waals surface area contributed by atoms with Crippen molar-refractivity contribution in [2.75, 3.05) is 19.0 Å². The summed E-state index contributed by atoms with van der Waals surface area (Å²) in [4.78, 5) is 46.1. The maximum Gasteiger partial charge on any atom is 0.346 e. The second kappa shape index (κ2) is 8.40. The van der Waals surface area contributed by atoms with Crippen molar-refractivity contribution in [3.63, 3.8) is 0 Å². The van der Waals surface area contributed by atoms with Crippen molar-refractivity contribution in [1.82, 2.24) is 19.7 Å². The first-order valence-corrected chi connectivity index (χ1v) is 10.4. The molecule has 5 rings (SSSR count). The third-order valence-electron chi connectivity index (χ3n) is 5.71. The summed E-state index contributed by atoms with van der Waals surface area (Å²) in [6.07, 6.45) is 1.50. The third-order valence-corrected chi connectivity index (χ3v) is 5.71. The average molecular weight is 447 g/mol. The summed E-state index contributed by atoms with van der Waals surface area (Å²) in [5.41, 5.74) is 2.31. The molecular formula is C23H21N5O5. The van der Waals surface area contributed by atoms with Gasteiger partial charge in [-0.1, -0.05) is 48.5 Å². The van der Waals surface area contributed by atoms with Crippen LogP contribution in [0.15, 0.2) is 66.9 Å². The summed E-state index contributed by atoms with van der Waals surface area (Å²) in [7, 11) is 1.24. The lowest BCUT2D eigenvalue weighted by Gasteiger charge is -2.29. The molecule has 10 heteroatoms. The molecular weight excluding hydrogens is 426 g/mol. The molecule has 1 unspecified atom stereocenters. The van der Waals surface area contributed by atoms with E-state index in [2.05, 4.69) is 10.4 Å². The van der Waals surface area contributed by atoms with Gasteiger partial charge in [0.15, 0.2) is 6.04 Å². The molecule has 168 valence electrons. The van der Waals surface area contributed by atoms with E-state index in [0.717, 1.165) is 10.2 Å². The van der Waals surface area contributed by atoms with Crippen molar-refractivity contribution in [3.05, 3.63) is 83.7 Å². The van der Waals surface area contributed by atoms with Gasteiger partial charge in [0.05, 0.1) is 25.5 Å². The minimum Gasteiger partial charge on any atom is -0.467 e. The number of benzene rings is 2. The Kier molecular flexibility index (Phi) is 5.27. The lowest BCUT2D eigenvalue weighted by molar-refractivity contribution is -0.146. The van der Waals surface area contributed by atoms with E-state index in [1.165, 1.54) is 23.3 Å². The number of hydrogen-bond acceptors (Lipinski definition) is 6. The van der Waals surface area contributed by atoms with Crippen molar-refractivity contribution in [3.8, 4) is 0 Å². The quantitative estimate of drug-likeness (QED) is 0.603. The van der Waals surface area contributed by atoms with Crippen LogP contribution in [-0.4, -0.2) is 51.4 Å². The number of esters is 1. The van der Waals surface area contributed by atoms with Gasteiger partial charge < -0.3 is 15.0 Å². The highest BCUT2D eigenvalue weighted by atomic mass is 16.7. The van der Waals surface area contributed by atoms with Crippen LogP contribution in [0.2, 0.25) is 0 Å². The van der Waals surface area contributed by atoms with Gasteiger partial charge in [0, 0.05) is 11.3 Å². The zero-order valence-electron chi connectivity index (χ0n) is 17.7. The number of rotatable bonds is 5. The van der Waals surface area contributed by atoms with Gasteiger partial charge in [0.25, 0.3) is 0 Å². The van der Waals surface area contributed by atoms with Gasteiger partial charge in [0.1, 0.15) is 12.6 Å². The minimum atomic E-state index is -1.12. The highest BCUT2D eigenvalue weighted by Gasteiger charge is 2.54. The largest absolute Gasteiger partial charge is 0.467 e. The van der Waals surface area contributed by atoms with Crippen molar-refractivity contribution >= 4 is 23.7 Å². The molecule has 0 radical (unpaired) electrons. The summed E-state index contributed by atoms with van der Waals surface area (Å²) in [5.74, 6) is -0.665. The Morgan fingerprint density at radius 1 is 1.09 bits per heavy atom. The van der Waals surface area contributed by atoms with Gasteiger partial charge in [-0.2, -0.15) is 14.8 Å². The number of hydrogen-bond donors (Lipinski definition) is 1. The van der Waals surface area contributed by atoms with E-state index >= 15 is 0 Å². The maximum atomic E-state index is 13.2. The normalized spacial score (nSPS) is 18.8. The number of carbonyl (C=O) groups is 3. The Hall–Kier alpha value is -4.18. The fraction of sp³-hybridized carbons (Fsp3) is 0.217. The Morgan fingerprint density at radius 2 is 1.79 bits per heavy atom. The van der Waals surface area contributed by atoms with Crippen LogP contribution >= 0.6 is 0 Å². The molecule has 3 aromatic rings. The molecule has 1 aromatic heterocycles. The second-order valence-electron chi connectivity index (χ2n) is 7.65. The Morgan fingerprint density at radius 3 is 2.48 bits per heavy atom. The van der Waals surface area contributed by atoms with Crippen LogP contribution in [0.1, 0.15) is 28.9 Å². The van der Waals surface area contributed by atoms with Crippen LogP contribution in [0.4, 0.5) is 15.3 Å². The number of aromatic nitrogens is 2. The van der Waals surface area contributed by atoms with Crippen molar-refractivity contribution in [2.45, 2.75) is 18.7 Å². The first-order valence-electron chi connectivity index (χ1n) is 10.4. The van der Waals surface area contributed by atoms with E-state index in [1.54, 1.807) is 24.3 Å². The molecule has 1 fully saturated rings. The number of urea groups is 1. The van der Waals surface area contributed by atoms with Gasteiger partial charge in [-0.15, -0.1) is 0 Å². The topological polar surface area (TPSA) is 106 Å². The molecule has 0 aliphatic carbocycles. The summed E-state index contributed by atoms with van der Waals surface area (Å²) < 4.78 is 6.08. The maximum absolute atomic E-state index is 13.2. The smallest absolute Gasteiger partial charge is 0.346 e. The molecule has 2 atom stereocenters. The van der Waals surface area contributed by atoms with Gasteiger partial charge in [-0.05, 0) is 17.7 Å². The third kappa shape index (κ3) is 3.60. The number of fused-ring (bicyclic) bond motifs is 4. The number of anilines is 1. The van der Waals surface area contributed by atoms with E-state index in [-0.39, 0.29) is 18.8 Å². The molecule has 3 amide bonds. The predicted molar refractivity (Wildman–Crippen MR) is 116 cm³/mol. The minimum absolute atomic E-state index is 0.178. The number of methoxy groups -OCH3 is 1. The van der Waals surface area contributed by atoms with E-state index in [9.17, 15) is 14.4 Å². The molecule has 2 bridgehead atoms. The molecule has 33 heavy (non-hydrogen) atoms. The Labute approximate surface area is 189 Å². The van der Waals surface area contributed by atoms with Crippen LogP contribution in [0, 0.1) is 0 Å². The number of nitrogens with one attached hydrogen (secondary N) is 1. The molecule has 2 aliphatic rings. The van der Waals surface area contributed by atoms with E-state index in [0.29, 0.717) is 11.3 Å². The molecule has 2 aromatic carbocycles. The van der Waals surface area contributed by atoms with Crippen LogP contribution < -0.4 is 5.32 Å². The number of hydroxylamine groups is 2. The van der Waals surface area contributed by atoms with Gasteiger partial charge in [-0.3, -0.25) is 4.84 Å². The summed E-state index contributed by atoms with van der Waals surface area (Å²) in [6, 6.07) is 15.7. The Balaban J connectivity index is 1.48. The van der Waals surface area contributed by atoms with E-state index < -0.39 is 30.1 Å². The second-order valence-corrected chi connectivity index (χ2v) is 7.65. The molecule has 0 saturated carbocycles. The van der Waals surface area contributed by atoms with E-state index in [1.807, 2.05) is 36.4 Å². The predicted octanol–water partition coefficient (Wildman–Crippen LogP) is 3.10. The standard InChI is InChI=1S/C23H21N5O5/c1-32-21(29)20-19-17(12-24-27(19)22(30)25-16-10-6-3-7-11-16)18-13-26(20)23(31)28(18)33-14-15-8-4-2-5-9-15/h2-12,18,20H,13-14H2,1H3,(H,25,30)/t18-,20?/m1/s1. The number of ether oxygens (including phenoxy) is 1. The highest BCUT2D eigenvalue weighted by Crippen LogP contribution is 2.44. The van der Waals surface area contributed by atoms with Crippen LogP contribution in [-0.2, 0) is 21.0 Å². The number of carbonyl (C=O) groups excluding carboxylic acids is 3. The van der Waals surface area contributed by atoms with Crippen LogP contribution in [0.3, 0.4) is 0 Å². The zero-order chi connectivity index (χ0) is 22.9. The van der Waals surface area contributed by atoms with Gasteiger partial charge in [0.2, 0.25) is 0 Å². The first kappa shape index (κ1) is 20.7. The molecule has 3 heterocycles. The molecule has 1 saturated heterocycles. The number of para-hydroxylation sites is 1. The molecule has 10 nitrogen and oxygen atoms in total. The molecule has 2 aliphatic heterocycles. The number of nitrogens with zero attached hydrogens (tertiary/aromatic N) is 4. The summed E-state index contributed by atoms with van der Waals surface area (Å²) >= 11 is 0. The van der Waals surface area contributed by atoms with Gasteiger partial charge in [-0.25, -0.2) is 14.4 Å². The molecule has 0 spiro atoms. The average Bonchev–Trinajstić information content (AvgIpc) is 3.40.